The van der Waals surface area contributed by atoms with Crippen LogP contribution in [0.4, 0.5) is 0 Å². The van der Waals surface area contributed by atoms with Crippen molar-refractivity contribution in [3.63, 3.8) is 0 Å². The van der Waals surface area contributed by atoms with Crippen LogP contribution in [-0.4, -0.2) is 9.81 Å². The Morgan fingerprint density at radius 1 is 1.71 bits per heavy atom. The molecule has 1 nitrogen and oxygen atoms in total. The summed E-state index contributed by atoms with van der Waals surface area (Å²) in [7, 11) is 0. The van der Waals surface area contributed by atoms with Crippen molar-refractivity contribution in [1.29, 1.82) is 0 Å². The molecule has 7 heavy (non-hydrogen) atoms. The third kappa shape index (κ3) is 11.4. The molecule has 0 heterocycles. The van der Waals surface area contributed by atoms with E-state index in [2.05, 4.69) is 42.4 Å². The summed E-state index contributed by atoms with van der Waals surface area (Å²) in [6.07, 6.45) is 0. The molecule has 0 rings (SSSR count). The first-order chi connectivity index (χ1) is 2.77. The van der Waals surface area contributed by atoms with Crippen LogP contribution in [0.1, 0.15) is 0 Å². The molecule has 0 bridgehead atoms. The molecule has 34 valence electrons. The molecular formula is C2H2KNS3. The maximum absolute atomic E-state index is 4.40. The van der Waals surface area contributed by atoms with Crippen LogP contribution in [0.15, 0.2) is 0 Å². The standard InChI is InChI=1S/C2H3NS3.K/c4-1-3-2(5)6;/h1H,(H2,3,4,5,6);/q;+1/p-1. The summed E-state index contributed by atoms with van der Waals surface area (Å²) in [5.74, 6) is 0. The van der Waals surface area contributed by atoms with Gasteiger partial charge in [0.2, 0.25) is 0 Å². The fourth-order valence-electron chi connectivity index (χ4n) is 0.0481. The smallest absolute Gasteiger partial charge is 0.411 e. The zero-order valence-electron chi connectivity index (χ0n) is 3.80. The van der Waals surface area contributed by atoms with Crippen LogP contribution in [0.5, 0.6) is 0 Å². The van der Waals surface area contributed by atoms with Crippen molar-refractivity contribution >= 4 is 46.9 Å². The number of thiocarbonyl (C=S) groups is 2. The van der Waals surface area contributed by atoms with Gasteiger partial charge in [-0.3, -0.25) is 0 Å². The average Bonchev–Trinajstić information content (AvgIpc) is 1.35. The number of rotatable bonds is 1. The van der Waals surface area contributed by atoms with Gasteiger partial charge in [0.15, 0.2) is 0 Å². The molecule has 0 saturated carbocycles. The van der Waals surface area contributed by atoms with Gasteiger partial charge in [-0.2, -0.15) is 0 Å². The van der Waals surface area contributed by atoms with E-state index in [1.54, 1.807) is 0 Å². The molecular weight excluding hydrogens is 173 g/mol. The van der Waals surface area contributed by atoms with E-state index in [1.165, 1.54) is 5.49 Å². The van der Waals surface area contributed by atoms with Crippen molar-refractivity contribution in [3.05, 3.63) is 0 Å². The normalized spacial score (nSPS) is 5.71. The second kappa shape index (κ2) is 7.84. The summed E-state index contributed by atoms with van der Waals surface area (Å²) in [5.41, 5.74) is 1.29. The van der Waals surface area contributed by atoms with E-state index in [4.69, 9.17) is 0 Å². The van der Waals surface area contributed by atoms with Gasteiger partial charge in [0.25, 0.3) is 0 Å². The van der Waals surface area contributed by atoms with Crippen molar-refractivity contribution in [2.24, 2.45) is 0 Å². The quantitative estimate of drug-likeness (QED) is 0.266. The van der Waals surface area contributed by atoms with Crippen LogP contribution in [0.25, 0.3) is 0 Å². The zero-order valence-corrected chi connectivity index (χ0v) is 9.37. The number of nitrogens with one attached hydrogen (secondary N) is 1. The molecule has 0 aromatic rings. The molecule has 0 radical (unpaired) electrons. The van der Waals surface area contributed by atoms with Gasteiger partial charge in [-0.1, -0.05) is 16.5 Å². The summed E-state index contributed by atoms with van der Waals surface area (Å²) >= 11 is 13.1. The Hall–Kier alpha value is 1.84. The minimum atomic E-state index is 0. The van der Waals surface area contributed by atoms with Gasteiger partial charge in [-0.05, 0) is 0 Å². The second-order valence-electron chi connectivity index (χ2n) is 0.550. The van der Waals surface area contributed by atoms with Crippen molar-refractivity contribution in [2.75, 3.05) is 0 Å². The topological polar surface area (TPSA) is 12.0 Å². The Morgan fingerprint density at radius 2 is 2.14 bits per heavy atom. The van der Waals surface area contributed by atoms with E-state index in [1.807, 2.05) is 0 Å². The molecule has 0 saturated heterocycles. The molecule has 0 atom stereocenters. The minimum absolute atomic E-state index is 0. The van der Waals surface area contributed by atoms with Crippen molar-refractivity contribution in [3.8, 4) is 0 Å². The van der Waals surface area contributed by atoms with Crippen LogP contribution < -0.4 is 56.7 Å². The van der Waals surface area contributed by atoms with Gasteiger partial charge in [-0.25, -0.2) is 0 Å². The van der Waals surface area contributed by atoms with Crippen LogP contribution >= 0.6 is 24.4 Å². The largest absolute Gasteiger partial charge is 1.00 e. The van der Waals surface area contributed by atoms with Gasteiger partial charge < -0.3 is 30.2 Å². The Balaban J connectivity index is 0. The number of hydrogen-bond donors (Lipinski definition) is 1. The monoisotopic (exact) mass is 175 g/mol. The van der Waals surface area contributed by atoms with Crippen LogP contribution in [0.3, 0.4) is 0 Å². The van der Waals surface area contributed by atoms with E-state index < -0.39 is 0 Å². The van der Waals surface area contributed by atoms with E-state index >= 15 is 0 Å². The molecule has 0 aliphatic rings. The summed E-state index contributed by atoms with van der Waals surface area (Å²) in [4.78, 5) is 0. The van der Waals surface area contributed by atoms with Gasteiger partial charge in [0, 0.05) is 0 Å². The Bertz CT molecular complexity index is 73.3. The predicted octanol–water partition coefficient (Wildman–Crippen LogP) is -2.63. The number of hydrogen-bond acceptors (Lipinski definition) is 3. The minimum Gasteiger partial charge on any atom is -0.411 e. The summed E-state index contributed by atoms with van der Waals surface area (Å²) in [5, 5.41) is 2.44. The zero-order chi connectivity index (χ0) is 4.99. The van der Waals surface area contributed by atoms with Crippen molar-refractivity contribution in [1.82, 2.24) is 5.32 Å². The molecule has 0 fully saturated rings. The summed E-state index contributed by atoms with van der Waals surface area (Å²) in [6, 6.07) is 0. The molecule has 1 N–H and O–H groups in total. The molecule has 0 amide bonds. The van der Waals surface area contributed by atoms with E-state index in [-0.39, 0.29) is 51.4 Å². The van der Waals surface area contributed by atoms with Crippen LogP contribution in [0.2, 0.25) is 0 Å². The molecule has 0 aliphatic carbocycles. The maximum Gasteiger partial charge on any atom is 1.00 e. The SMILES string of the molecule is S=CNC(=S)[S-].[K+]. The fourth-order valence-corrected chi connectivity index (χ4v) is 0.433. The third-order valence-electron chi connectivity index (χ3n) is 0.177. The maximum atomic E-state index is 4.40. The summed E-state index contributed by atoms with van der Waals surface area (Å²) < 4.78 is 0.296. The van der Waals surface area contributed by atoms with E-state index in [0.29, 0.717) is 4.32 Å². The molecule has 0 aromatic carbocycles. The first kappa shape index (κ1) is 11.6. The van der Waals surface area contributed by atoms with E-state index in [9.17, 15) is 0 Å². The molecule has 0 aromatic heterocycles. The van der Waals surface area contributed by atoms with Gasteiger partial charge in [0.1, 0.15) is 0 Å². The first-order valence-corrected chi connectivity index (χ1v) is 2.47. The van der Waals surface area contributed by atoms with E-state index in [0.717, 1.165) is 0 Å². The fraction of sp³-hybridized carbons (Fsp3) is 0. The third-order valence-corrected chi connectivity index (χ3v) is 0.530. The Labute approximate surface area is 101 Å². The van der Waals surface area contributed by atoms with Crippen molar-refractivity contribution in [2.45, 2.75) is 0 Å². The Morgan fingerprint density at radius 3 is 2.14 bits per heavy atom. The van der Waals surface area contributed by atoms with Gasteiger partial charge in [0.05, 0.1) is 5.49 Å². The van der Waals surface area contributed by atoms with Crippen LogP contribution in [0, 0.1) is 0 Å². The molecule has 0 unspecified atom stereocenters. The molecule has 0 spiro atoms. The average molecular weight is 175 g/mol. The van der Waals surface area contributed by atoms with Crippen molar-refractivity contribution < 1.29 is 51.4 Å². The first-order valence-electron chi connectivity index (χ1n) is 1.18. The van der Waals surface area contributed by atoms with Gasteiger partial charge >= 0.3 is 51.4 Å². The predicted molar refractivity (Wildman–Crippen MR) is 36.8 cm³/mol. The van der Waals surface area contributed by atoms with Gasteiger partial charge in [-0.15, -0.1) is 0 Å². The summed E-state index contributed by atoms with van der Waals surface area (Å²) in [6.45, 7) is 0. The molecule has 0 aliphatic heterocycles. The second-order valence-corrected chi connectivity index (χ2v) is 1.86. The van der Waals surface area contributed by atoms with Crippen LogP contribution in [-0.2, 0) is 12.6 Å². The Kier molecular flexibility index (Phi) is 13.0. The molecule has 5 heteroatoms.